The minimum Gasteiger partial charge on any atom is -0.497 e. The van der Waals surface area contributed by atoms with Crippen molar-refractivity contribution in [1.29, 1.82) is 0 Å². The van der Waals surface area contributed by atoms with E-state index >= 15 is 0 Å². The molecule has 2 aromatic carbocycles. The van der Waals surface area contributed by atoms with Crippen LogP contribution in [0.25, 0.3) is 11.3 Å². The van der Waals surface area contributed by atoms with Crippen molar-refractivity contribution in [3.05, 3.63) is 57.7 Å². The molecule has 146 valence electrons. The first-order valence-electron chi connectivity index (χ1n) is 8.59. The lowest BCUT2D eigenvalue weighted by Gasteiger charge is -2.07. The van der Waals surface area contributed by atoms with Gasteiger partial charge in [0.1, 0.15) is 17.2 Å². The summed E-state index contributed by atoms with van der Waals surface area (Å²) in [4.78, 5) is 18.8. The second-order valence-electron chi connectivity index (χ2n) is 6.10. The van der Waals surface area contributed by atoms with Gasteiger partial charge in [0.05, 0.1) is 27.0 Å². The number of hydrogen-bond acceptors (Lipinski definition) is 5. The first kappa shape index (κ1) is 19.7. The van der Waals surface area contributed by atoms with Crippen molar-refractivity contribution < 1.29 is 19.0 Å². The van der Waals surface area contributed by atoms with Crippen molar-refractivity contribution in [3.8, 4) is 28.5 Å². The predicted octanol–water partition coefficient (Wildman–Crippen LogP) is 3.83. The third-order valence-corrected chi connectivity index (χ3v) is 5.41. The molecule has 0 fully saturated rings. The molecule has 3 aromatic rings. The van der Waals surface area contributed by atoms with Gasteiger partial charge >= 0.3 is 0 Å². The van der Waals surface area contributed by atoms with Crippen LogP contribution < -0.4 is 19.0 Å². The van der Waals surface area contributed by atoms with E-state index in [1.54, 1.807) is 39.5 Å². The van der Waals surface area contributed by atoms with Crippen LogP contribution in [0.4, 0.5) is 0 Å². The lowest BCUT2D eigenvalue weighted by molar-refractivity contribution is 0.0997. The van der Waals surface area contributed by atoms with E-state index in [4.69, 9.17) is 14.2 Å². The molecule has 1 heterocycles. The zero-order valence-corrected chi connectivity index (χ0v) is 17.3. The number of nitrogens with zero attached hydrogens (tertiary/aromatic N) is 2. The number of hydrogen-bond donors (Lipinski definition) is 0. The Morgan fingerprint density at radius 2 is 1.50 bits per heavy atom. The number of aromatic nitrogens is 1. The van der Waals surface area contributed by atoms with E-state index in [1.165, 1.54) is 11.3 Å². The summed E-state index contributed by atoms with van der Waals surface area (Å²) in [5.74, 6) is 1.54. The average molecular weight is 398 g/mol. The van der Waals surface area contributed by atoms with E-state index < -0.39 is 0 Å². The SMILES string of the molecule is COc1ccc(-c2c(C)sc(=NC(=O)c3cc(OC)cc(OC)c3)n2C)cc1. The summed E-state index contributed by atoms with van der Waals surface area (Å²) in [6.45, 7) is 2.02. The van der Waals surface area contributed by atoms with Crippen molar-refractivity contribution in [3.63, 3.8) is 0 Å². The second kappa shape index (κ2) is 8.31. The van der Waals surface area contributed by atoms with Crippen LogP contribution in [0.5, 0.6) is 17.2 Å². The maximum Gasteiger partial charge on any atom is 0.279 e. The zero-order valence-electron chi connectivity index (χ0n) is 16.5. The molecule has 7 heteroatoms. The van der Waals surface area contributed by atoms with Gasteiger partial charge in [-0.25, -0.2) is 0 Å². The van der Waals surface area contributed by atoms with Gasteiger partial charge in [0.25, 0.3) is 5.91 Å². The number of amides is 1. The molecule has 0 aliphatic rings. The number of benzene rings is 2. The standard InChI is InChI=1S/C21H22N2O4S/c1-13-19(14-6-8-16(25-3)9-7-14)23(2)21(28-13)22-20(24)15-10-17(26-4)12-18(11-15)27-5/h6-12H,1-5H3. The number of ether oxygens (including phenoxy) is 3. The highest BCUT2D eigenvalue weighted by Gasteiger charge is 2.13. The number of aryl methyl sites for hydroxylation is 1. The van der Waals surface area contributed by atoms with Crippen molar-refractivity contribution in [1.82, 2.24) is 4.57 Å². The normalized spacial score (nSPS) is 11.4. The van der Waals surface area contributed by atoms with Crippen LogP contribution in [0.15, 0.2) is 47.5 Å². The second-order valence-corrected chi connectivity index (χ2v) is 7.28. The van der Waals surface area contributed by atoms with Crippen molar-refractivity contribution >= 4 is 17.2 Å². The van der Waals surface area contributed by atoms with Gasteiger partial charge in [-0.05, 0) is 48.9 Å². The summed E-state index contributed by atoms with van der Waals surface area (Å²) in [7, 11) is 6.64. The molecule has 0 bridgehead atoms. The largest absolute Gasteiger partial charge is 0.497 e. The molecule has 0 aliphatic heterocycles. The van der Waals surface area contributed by atoms with E-state index in [0.717, 1.165) is 21.9 Å². The van der Waals surface area contributed by atoms with Gasteiger partial charge in [-0.3, -0.25) is 4.79 Å². The highest BCUT2D eigenvalue weighted by molar-refractivity contribution is 7.09. The molecule has 6 nitrogen and oxygen atoms in total. The minimum atomic E-state index is -0.352. The van der Waals surface area contributed by atoms with Gasteiger partial charge in [-0.15, -0.1) is 11.3 Å². The zero-order chi connectivity index (χ0) is 20.3. The monoisotopic (exact) mass is 398 g/mol. The van der Waals surface area contributed by atoms with Crippen LogP contribution >= 0.6 is 11.3 Å². The third-order valence-electron chi connectivity index (χ3n) is 4.36. The van der Waals surface area contributed by atoms with Crippen molar-refractivity contribution in [2.24, 2.45) is 12.0 Å². The first-order chi connectivity index (χ1) is 13.5. The summed E-state index contributed by atoms with van der Waals surface area (Å²) in [6.07, 6.45) is 0. The number of carbonyl (C=O) groups is 1. The number of carbonyl (C=O) groups excluding carboxylic acids is 1. The predicted molar refractivity (Wildman–Crippen MR) is 109 cm³/mol. The Morgan fingerprint density at radius 1 is 0.929 bits per heavy atom. The van der Waals surface area contributed by atoms with E-state index in [2.05, 4.69) is 4.99 Å². The summed E-state index contributed by atoms with van der Waals surface area (Å²) in [5.41, 5.74) is 2.46. The first-order valence-corrected chi connectivity index (χ1v) is 9.41. The minimum absolute atomic E-state index is 0.352. The van der Waals surface area contributed by atoms with E-state index in [9.17, 15) is 4.79 Å². The summed E-state index contributed by atoms with van der Waals surface area (Å²) in [6, 6.07) is 12.8. The van der Waals surface area contributed by atoms with Crippen molar-refractivity contribution in [2.45, 2.75) is 6.92 Å². The number of rotatable bonds is 5. The molecule has 0 spiro atoms. The lowest BCUT2D eigenvalue weighted by Crippen LogP contribution is -2.14. The highest BCUT2D eigenvalue weighted by Crippen LogP contribution is 2.27. The van der Waals surface area contributed by atoms with Crippen LogP contribution in [0.2, 0.25) is 0 Å². The van der Waals surface area contributed by atoms with Gasteiger partial charge in [0, 0.05) is 23.6 Å². The molecule has 0 unspecified atom stereocenters. The van der Waals surface area contributed by atoms with Crippen LogP contribution in [0.3, 0.4) is 0 Å². The highest BCUT2D eigenvalue weighted by atomic mass is 32.1. The Labute approximate surface area is 167 Å². The number of thiazole rings is 1. The van der Waals surface area contributed by atoms with Crippen LogP contribution in [0.1, 0.15) is 15.2 Å². The third kappa shape index (κ3) is 3.94. The Hall–Kier alpha value is -3.06. The van der Waals surface area contributed by atoms with Crippen LogP contribution in [-0.2, 0) is 7.05 Å². The summed E-state index contributed by atoms with van der Waals surface area (Å²) in [5, 5.41) is 0. The molecular formula is C21H22N2O4S. The topological polar surface area (TPSA) is 62.1 Å². The molecule has 28 heavy (non-hydrogen) atoms. The molecule has 0 atom stereocenters. The fourth-order valence-electron chi connectivity index (χ4n) is 2.91. The Bertz CT molecular complexity index is 1040. The van der Waals surface area contributed by atoms with E-state index in [1.807, 2.05) is 42.8 Å². The fraction of sp³-hybridized carbons (Fsp3) is 0.238. The van der Waals surface area contributed by atoms with Gasteiger partial charge in [-0.2, -0.15) is 4.99 Å². The summed E-state index contributed by atoms with van der Waals surface area (Å²) < 4.78 is 17.6. The fourth-order valence-corrected chi connectivity index (χ4v) is 3.89. The van der Waals surface area contributed by atoms with Crippen molar-refractivity contribution in [2.75, 3.05) is 21.3 Å². The molecular weight excluding hydrogens is 376 g/mol. The van der Waals surface area contributed by atoms with Gasteiger partial charge in [0.2, 0.25) is 0 Å². The Kier molecular flexibility index (Phi) is 5.84. The maximum absolute atomic E-state index is 12.7. The van der Waals surface area contributed by atoms with Crippen LogP contribution in [0, 0.1) is 6.92 Å². The Morgan fingerprint density at radius 3 is 2.04 bits per heavy atom. The number of methoxy groups -OCH3 is 3. The molecule has 3 rings (SSSR count). The average Bonchev–Trinajstić information content (AvgIpc) is 3.00. The molecule has 0 saturated carbocycles. The molecule has 0 saturated heterocycles. The molecule has 0 aliphatic carbocycles. The quantitative estimate of drug-likeness (QED) is 0.655. The summed E-state index contributed by atoms with van der Waals surface area (Å²) >= 11 is 1.47. The van der Waals surface area contributed by atoms with E-state index in [0.29, 0.717) is 21.9 Å². The van der Waals surface area contributed by atoms with Gasteiger partial charge in [-0.1, -0.05) is 0 Å². The molecule has 1 aromatic heterocycles. The smallest absolute Gasteiger partial charge is 0.279 e. The maximum atomic E-state index is 12.7. The lowest BCUT2D eigenvalue weighted by atomic mass is 10.1. The Balaban J connectivity index is 2.02. The molecule has 0 N–H and O–H groups in total. The molecule has 1 amide bonds. The van der Waals surface area contributed by atoms with Gasteiger partial charge < -0.3 is 18.8 Å². The van der Waals surface area contributed by atoms with E-state index in [-0.39, 0.29) is 5.91 Å². The molecule has 0 radical (unpaired) electrons. The van der Waals surface area contributed by atoms with Gasteiger partial charge in [0.15, 0.2) is 4.80 Å². The van der Waals surface area contributed by atoms with Crippen LogP contribution in [-0.4, -0.2) is 31.8 Å².